The van der Waals surface area contributed by atoms with Crippen LogP contribution in [0.4, 0.5) is 5.69 Å². The average molecular weight is 262 g/mol. The molecule has 1 aromatic rings. The molecule has 5 nitrogen and oxygen atoms in total. The molecule has 0 spiro atoms. The van der Waals surface area contributed by atoms with E-state index in [1.165, 1.54) is 0 Å². The number of aliphatic carboxylic acids is 1. The largest absolute Gasteiger partial charge is 0.481 e. The fourth-order valence-corrected chi connectivity index (χ4v) is 2.25. The van der Waals surface area contributed by atoms with Crippen LogP contribution in [0.5, 0.6) is 0 Å². The van der Waals surface area contributed by atoms with Crippen molar-refractivity contribution in [1.29, 1.82) is 0 Å². The quantitative estimate of drug-likeness (QED) is 0.749. The van der Waals surface area contributed by atoms with Crippen LogP contribution in [0.2, 0.25) is 0 Å². The van der Waals surface area contributed by atoms with E-state index in [1.54, 1.807) is 24.3 Å². The molecule has 102 valence electrons. The minimum Gasteiger partial charge on any atom is -0.481 e. The normalized spacial score (nSPS) is 18.2. The van der Waals surface area contributed by atoms with Crippen LogP contribution in [0, 0.1) is 0 Å². The van der Waals surface area contributed by atoms with Crippen LogP contribution in [-0.2, 0) is 16.0 Å². The van der Waals surface area contributed by atoms with E-state index in [0.29, 0.717) is 12.1 Å². The molecule has 3 N–H and O–H groups in total. The summed E-state index contributed by atoms with van der Waals surface area (Å²) in [6.45, 7) is 0.988. The number of carbonyl (C=O) groups excluding carboxylic acids is 1. The smallest absolute Gasteiger partial charge is 0.307 e. The van der Waals surface area contributed by atoms with E-state index in [1.807, 2.05) is 0 Å². The molecule has 1 fully saturated rings. The minimum absolute atomic E-state index is 0.000219. The predicted octanol–water partition coefficient (Wildman–Crippen LogP) is 1.39. The van der Waals surface area contributed by atoms with Gasteiger partial charge in [0.15, 0.2) is 0 Å². The Morgan fingerprint density at radius 3 is 2.63 bits per heavy atom. The highest BCUT2D eigenvalue weighted by Crippen LogP contribution is 2.13. The van der Waals surface area contributed by atoms with Gasteiger partial charge in [-0.1, -0.05) is 12.1 Å². The van der Waals surface area contributed by atoms with Crippen molar-refractivity contribution in [3.63, 3.8) is 0 Å². The third-order valence-electron chi connectivity index (χ3n) is 3.19. The van der Waals surface area contributed by atoms with Gasteiger partial charge in [-0.05, 0) is 37.1 Å². The number of carboxylic acid groups (broad SMARTS) is 1. The molecule has 5 heteroatoms. The van der Waals surface area contributed by atoms with E-state index in [4.69, 9.17) is 5.11 Å². The second-order valence-electron chi connectivity index (χ2n) is 4.81. The summed E-state index contributed by atoms with van der Waals surface area (Å²) < 4.78 is 0. The van der Waals surface area contributed by atoms with E-state index < -0.39 is 5.97 Å². The Morgan fingerprint density at radius 2 is 2.05 bits per heavy atom. The zero-order chi connectivity index (χ0) is 13.7. The SMILES string of the molecule is O=C(O)Cc1ccc(NC(=O)CC2CCCN2)cc1. The molecule has 1 aromatic carbocycles. The maximum atomic E-state index is 11.8. The lowest BCUT2D eigenvalue weighted by molar-refractivity contribution is -0.136. The van der Waals surface area contributed by atoms with Gasteiger partial charge in [0.05, 0.1) is 6.42 Å². The first-order valence-corrected chi connectivity index (χ1v) is 6.47. The van der Waals surface area contributed by atoms with Crippen LogP contribution >= 0.6 is 0 Å². The fourth-order valence-electron chi connectivity index (χ4n) is 2.25. The van der Waals surface area contributed by atoms with Crippen molar-refractivity contribution < 1.29 is 14.7 Å². The summed E-state index contributed by atoms with van der Waals surface area (Å²) in [5.74, 6) is -0.866. The highest BCUT2D eigenvalue weighted by atomic mass is 16.4. The molecule has 0 aliphatic carbocycles. The molecular formula is C14H18N2O3. The predicted molar refractivity (Wildman–Crippen MR) is 72.1 cm³/mol. The lowest BCUT2D eigenvalue weighted by Crippen LogP contribution is -2.27. The van der Waals surface area contributed by atoms with Crippen molar-refractivity contribution in [2.24, 2.45) is 0 Å². The summed E-state index contributed by atoms with van der Waals surface area (Å²) in [5, 5.41) is 14.8. The maximum Gasteiger partial charge on any atom is 0.307 e. The zero-order valence-corrected chi connectivity index (χ0v) is 10.7. The van der Waals surface area contributed by atoms with Gasteiger partial charge >= 0.3 is 5.97 Å². The standard InChI is InChI=1S/C14H18N2O3/c17-13(9-12-2-1-7-15-12)16-11-5-3-10(4-6-11)8-14(18)19/h3-6,12,15H,1-2,7-9H2,(H,16,17)(H,18,19). The van der Waals surface area contributed by atoms with Crippen molar-refractivity contribution in [2.45, 2.75) is 31.7 Å². The van der Waals surface area contributed by atoms with Crippen molar-refractivity contribution in [2.75, 3.05) is 11.9 Å². The van der Waals surface area contributed by atoms with Gasteiger partial charge in [0.1, 0.15) is 0 Å². The van der Waals surface area contributed by atoms with Crippen molar-refractivity contribution in [3.8, 4) is 0 Å². The van der Waals surface area contributed by atoms with E-state index in [2.05, 4.69) is 10.6 Å². The Balaban J connectivity index is 1.84. The molecule has 19 heavy (non-hydrogen) atoms. The molecule has 1 saturated heterocycles. The zero-order valence-electron chi connectivity index (χ0n) is 10.7. The monoisotopic (exact) mass is 262 g/mol. The van der Waals surface area contributed by atoms with E-state index in [0.717, 1.165) is 24.9 Å². The van der Waals surface area contributed by atoms with E-state index in [9.17, 15) is 9.59 Å². The number of rotatable bonds is 5. The van der Waals surface area contributed by atoms with Gasteiger partial charge in [-0.15, -0.1) is 0 Å². The lowest BCUT2D eigenvalue weighted by atomic mass is 10.1. The van der Waals surface area contributed by atoms with Crippen LogP contribution in [-0.4, -0.2) is 29.6 Å². The van der Waals surface area contributed by atoms with Gasteiger partial charge in [0, 0.05) is 18.2 Å². The Kier molecular flexibility index (Phi) is 4.52. The summed E-state index contributed by atoms with van der Waals surface area (Å²) in [6.07, 6.45) is 2.66. The molecule has 0 bridgehead atoms. The van der Waals surface area contributed by atoms with Crippen molar-refractivity contribution >= 4 is 17.6 Å². The Morgan fingerprint density at radius 1 is 1.32 bits per heavy atom. The van der Waals surface area contributed by atoms with Crippen LogP contribution in [0.15, 0.2) is 24.3 Å². The average Bonchev–Trinajstić information content (AvgIpc) is 2.83. The second-order valence-corrected chi connectivity index (χ2v) is 4.81. The first kappa shape index (κ1) is 13.5. The Hall–Kier alpha value is -1.88. The Labute approximate surface area is 112 Å². The van der Waals surface area contributed by atoms with Gasteiger partial charge < -0.3 is 15.7 Å². The Bertz CT molecular complexity index is 450. The number of hydrogen-bond acceptors (Lipinski definition) is 3. The maximum absolute atomic E-state index is 11.8. The van der Waals surface area contributed by atoms with Gasteiger partial charge in [0.2, 0.25) is 5.91 Å². The molecule has 1 amide bonds. The number of nitrogens with one attached hydrogen (secondary N) is 2. The minimum atomic E-state index is -0.857. The molecule has 1 aliphatic rings. The summed E-state index contributed by atoms with van der Waals surface area (Å²) in [7, 11) is 0. The number of amides is 1. The summed E-state index contributed by atoms with van der Waals surface area (Å²) in [4.78, 5) is 22.3. The number of carboxylic acids is 1. The van der Waals surface area contributed by atoms with Crippen LogP contribution in [0.1, 0.15) is 24.8 Å². The molecule has 1 heterocycles. The van der Waals surface area contributed by atoms with Crippen LogP contribution < -0.4 is 10.6 Å². The van der Waals surface area contributed by atoms with E-state index in [-0.39, 0.29) is 18.4 Å². The lowest BCUT2D eigenvalue weighted by Gasteiger charge is -2.10. The summed E-state index contributed by atoms with van der Waals surface area (Å²) in [6, 6.07) is 7.19. The first-order valence-electron chi connectivity index (χ1n) is 6.47. The molecule has 1 atom stereocenters. The second kappa shape index (κ2) is 6.33. The molecule has 0 saturated carbocycles. The van der Waals surface area contributed by atoms with Crippen molar-refractivity contribution in [1.82, 2.24) is 5.32 Å². The highest BCUT2D eigenvalue weighted by Gasteiger charge is 2.17. The van der Waals surface area contributed by atoms with Gasteiger partial charge in [-0.2, -0.15) is 0 Å². The molecule has 0 radical (unpaired) electrons. The summed E-state index contributed by atoms with van der Waals surface area (Å²) in [5.41, 5.74) is 1.43. The molecule has 1 aliphatic heterocycles. The highest BCUT2D eigenvalue weighted by molar-refractivity contribution is 5.91. The fraction of sp³-hybridized carbons (Fsp3) is 0.429. The first-order chi connectivity index (χ1) is 9.13. The summed E-state index contributed by atoms with van der Waals surface area (Å²) >= 11 is 0. The molecule has 0 aromatic heterocycles. The molecule has 1 unspecified atom stereocenters. The van der Waals surface area contributed by atoms with Crippen molar-refractivity contribution in [3.05, 3.63) is 29.8 Å². The van der Waals surface area contributed by atoms with Crippen LogP contribution in [0.3, 0.4) is 0 Å². The third-order valence-corrected chi connectivity index (χ3v) is 3.19. The van der Waals surface area contributed by atoms with Gasteiger partial charge in [-0.25, -0.2) is 0 Å². The number of anilines is 1. The number of benzene rings is 1. The van der Waals surface area contributed by atoms with Gasteiger partial charge in [0.25, 0.3) is 0 Å². The van der Waals surface area contributed by atoms with Gasteiger partial charge in [-0.3, -0.25) is 9.59 Å². The molecular weight excluding hydrogens is 244 g/mol. The third kappa shape index (κ3) is 4.37. The number of carbonyl (C=O) groups is 2. The van der Waals surface area contributed by atoms with E-state index >= 15 is 0 Å². The topological polar surface area (TPSA) is 78.4 Å². The number of hydrogen-bond donors (Lipinski definition) is 3. The molecule has 2 rings (SSSR count). The van der Waals surface area contributed by atoms with Crippen LogP contribution in [0.25, 0.3) is 0 Å².